The molecule has 0 saturated carbocycles. The molecule has 1 atom stereocenters. The summed E-state index contributed by atoms with van der Waals surface area (Å²) in [6.07, 6.45) is -0.640. The van der Waals surface area contributed by atoms with Gasteiger partial charge in [0.2, 0.25) is 0 Å². The number of benzene rings is 2. The van der Waals surface area contributed by atoms with Crippen molar-refractivity contribution in [2.24, 2.45) is 0 Å². The van der Waals surface area contributed by atoms with Crippen LogP contribution in [0.3, 0.4) is 0 Å². The molecule has 1 heterocycles. The number of halogens is 1. The van der Waals surface area contributed by atoms with Crippen LogP contribution in [0.5, 0.6) is 0 Å². The molecule has 6 heteroatoms. The van der Waals surface area contributed by atoms with Gasteiger partial charge in [0.05, 0.1) is 28.8 Å². The number of aryl methyl sites for hydroxylation is 2. The molecule has 2 aromatic carbocycles. The minimum atomic E-state index is -0.979. The predicted molar refractivity (Wildman–Crippen MR) is 109 cm³/mol. The summed E-state index contributed by atoms with van der Waals surface area (Å²) in [6, 6.07) is 13.0. The third-order valence-electron chi connectivity index (χ3n) is 4.36. The predicted octanol–water partition coefficient (Wildman–Crippen LogP) is 4.23. The number of anilines is 1. The van der Waals surface area contributed by atoms with E-state index in [-0.39, 0.29) is 11.4 Å². The van der Waals surface area contributed by atoms with Gasteiger partial charge in [0, 0.05) is 23.2 Å². The van der Waals surface area contributed by atoms with Crippen LogP contribution in [0.15, 0.2) is 42.5 Å². The van der Waals surface area contributed by atoms with Crippen molar-refractivity contribution in [1.82, 2.24) is 4.98 Å². The van der Waals surface area contributed by atoms with Gasteiger partial charge in [-0.05, 0) is 43.7 Å². The lowest BCUT2D eigenvalue weighted by Gasteiger charge is -2.13. The molecule has 1 aromatic heterocycles. The first-order valence-corrected chi connectivity index (χ1v) is 9.16. The van der Waals surface area contributed by atoms with E-state index in [4.69, 9.17) is 16.6 Å². The number of pyridine rings is 1. The van der Waals surface area contributed by atoms with E-state index in [9.17, 15) is 15.0 Å². The van der Waals surface area contributed by atoms with E-state index in [1.165, 1.54) is 0 Å². The average Bonchev–Trinajstić information content (AvgIpc) is 2.65. The molecule has 1 unspecified atom stereocenters. The van der Waals surface area contributed by atoms with Gasteiger partial charge >= 0.3 is 5.97 Å². The molecule has 0 amide bonds. The lowest BCUT2D eigenvalue weighted by Crippen LogP contribution is -2.20. The average molecular weight is 385 g/mol. The summed E-state index contributed by atoms with van der Waals surface area (Å²) in [5, 5.41) is 23.0. The largest absolute Gasteiger partial charge is 0.478 e. The highest BCUT2D eigenvalue weighted by Crippen LogP contribution is 2.29. The lowest BCUT2D eigenvalue weighted by molar-refractivity contribution is 0.0699. The third-order valence-corrected chi connectivity index (χ3v) is 4.71. The Morgan fingerprint density at radius 2 is 2.00 bits per heavy atom. The maximum Gasteiger partial charge on any atom is 0.336 e. The van der Waals surface area contributed by atoms with Gasteiger partial charge in [0.25, 0.3) is 0 Å². The van der Waals surface area contributed by atoms with Crippen LogP contribution in [0.4, 0.5) is 5.69 Å². The van der Waals surface area contributed by atoms with Crippen LogP contribution < -0.4 is 5.32 Å². The zero-order valence-corrected chi connectivity index (χ0v) is 15.9. The summed E-state index contributed by atoms with van der Waals surface area (Å²) in [7, 11) is 0. The number of alkyl halides is 1. The Kier molecular flexibility index (Phi) is 5.63. The van der Waals surface area contributed by atoms with Crippen LogP contribution in [0.2, 0.25) is 0 Å². The Balaban J connectivity index is 2.08. The van der Waals surface area contributed by atoms with Gasteiger partial charge in [0.1, 0.15) is 0 Å². The summed E-state index contributed by atoms with van der Waals surface area (Å²) in [6.45, 7) is 4.20. The molecule has 5 nitrogen and oxygen atoms in total. The molecule has 3 aromatic rings. The van der Waals surface area contributed by atoms with Crippen molar-refractivity contribution < 1.29 is 15.0 Å². The monoisotopic (exact) mass is 384 g/mol. The highest BCUT2D eigenvalue weighted by Gasteiger charge is 2.15. The highest BCUT2D eigenvalue weighted by atomic mass is 35.5. The van der Waals surface area contributed by atoms with E-state index in [1.807, 2.05) is 50.2 Å². The number of carboxylic acids is 1. The summed E-state index contributed by atoms with van der Waals surface area (Å²) in [5.41, 5.74) is 5.05. The van der Waals surface area contributed by atoms with E-state index in [0.717, 1.165) is 22.4 Å². The zero-order valence-electron chi connectivity index (χ0n) is 15.2. The molecule has 0 saturated heterocycles. The van der Waals surface area contributed by atoms with Crippen molar-refractivity contribution in [3.63, 3.8) is 0 Å². The first-order chi connectivity index (χ1) is 12.9. The summed E-state index contributed by atoms with van der Waals surface area (Å²) in [4.78, 5) is 16.5. The number of nitrogens with one attached hydrogen (secondary N) is 1. The normalized spacial score (nSPS) is 12.1. The number of fused-ring (bicyclic) bond motifs is 1. The van der Waals surface area contributed by atoms with Gasteiger partial charge in [-0.1, -0.05) is 23.8 Å². The van der Waals surface area contributed by atoms with Gasteiger partial charge in [-0.2, -0.15) is 0 Å². The maximum atomic E-state index is 11.8. The fraction of sp³-hybridized carbons (Fsp3) is 0.238. The molecule has 0 aliphatic rings. The van der Waals surface area contributed by atoms with Crippen LogP contribution in [-0.2, 0) is 0 Å². The summed E-state index contributed by atoms with van der Waals surface area (Å²) >= 11 is 5.62. The molecular weight excluding hydrogens is 364 g/mol. The maximum absolute atomic E-state index is 11.8. The number of hydrogen-bond acceptors (Lipinski definition) is 4. The Bertz CT molecular complexity index is 1000. The standard InChI is InChI=1S/C21H21ClN2O3/c1-12-6-13(2)20-17(7-12)18(21(26)27)9-19(24-20)14-4-3-5-15(8-14)23-11-16(25)10-22/h3-9,16,23,25H,10-11H2,1-2H3,(H,26,27). The Hall–Kier alpha value is -2.63. The molecule has 0 radical (unpaired) electrons. The Morgan fingerprint density at radius 3 is 2.70 bits per heavy atom. The molecule has 0 bridgehead atoms. The van der Waals surface area contributed by atoms with Gasteiger partial charge in [-0.15, -0.1) is 11.6 Å². The van der Waals surface area contributed by atoms with Crippen LogP contribution in [-0.4, -0.2) is 39.7 Å². The number of carboxylic acid groups (broad SMARTS) is 1. The number of aliphatic hydroxyl groups is 1. The van der Waals surface area contributed by atoms with Crippen molar-refractivity contribution in [1.29, 1.82) is 0 Å². The zero-order chi connectivity index (χ0) is 19.6. The molecule has 0 aliphatic heterocycles. The second-order valence-corrected chi connectivity index (χ2v) is 6.92. The van der Waals surface area contributed by atoms with Gasteiger partial charge < -0.3 is 15.5 Å². The molecule has 3 rings (SSSR count). The number of hydrogen-bond donors (Lipinski definition) is 3. The van der Waals surface area contributed by atoms with Crippen LogP contribution in [0.1, 0.15) is 21.5 Å². The highest BCUT2D eigenvalue weighted by molar-refractivity contribution is 6.18. The first-order valence-electron chi connectivity index (χ1n) is 8.62. The molecule has 0 aliphatic carbocycles. The van der Waals surface area contributed by atoms with Gasteiger partial charge in [-0.25, -0.2) is 9.78 Å². The van der Waals surface area contributed by atoms with E-state index >= 15 is 0 Å². The molecular formula is C21H21ClN2O3. The molecule has 27 heavy (non-hydrogen) atoms. The summed E-state index contributed by atoms with van der Waals surface area (Å²) in [5.74, 6) is -0.826. The quantitative estimate of drug-likeness (QED) is 0.554. The lowest BCUT2D eigenvalue weighted by atomic mass is 9.99. The number of nitrogens with zero attached hydrogens (tertiary/aromatic N) is 1. The number of aliphatic hydroxyl groups excluding tert-OH is 1. The minimum Gasteiger partial charge on any atom is -0.478 e. The fourth-order valence-corrected chi connectivity index (χ4v) is 3.19. The van der Waals surface area contributed by atoms with Gasteiger partial charge in [0.15, 0.2) is 0 Å². The second kappa shape index (κ2) is 7.94. The molecule has 0 fully saturated rings. The second-order valence-electron chi connectivity index (χ2n) is 6.61. The first kappa shape index (κ1) is 19.1. The van der Waals surface area contributed by atoms with Crippen molar-refractivity contribution in [2.75, 3.05) is 17.7 Å². The fourth-order valence-electron chi connectivity index (χ4n) is 3.08. The smallest absolute Gasteiger partial charge is 0.336 e. The molecule has 140 valence electrons. The number of aromatic nitrogens is 1. The van der Waals surface area contributed by atoms with Gasteiger partial charge in [-0.3, -0.25) is 0 Å². The van der Waals surface area contributed by atoms with Crippen LogP contribution >= 0.6 is 11.6 Å². The third kappa shape index (κ3) is 4.21. The van der Waals surface area contributed by atoms with E-state index in [0.29, 0.717) is 23.1 Å². The van der Waals surface area contributed by atoms with Crippen molar-refractivity contribution in [3.8, 4) is 11.3 Å². The topological polar surface area (TPSA) is 82.5 Å². The number of aromatic carboxylic acids is 1. The number of rotatable bonds is 6. The van der Waals surface area contributed by atoms with Crippen LogP contribution in [0.25, 0.3) is 22.2 Å². The van der Waals surface area contributed by atoms with E-state index in [1.54, 1.807) is 6.07 Å². The summed E-state index contributed by atoms with van der Waals surface area (Å²) < 4.78 is 0. The molecule has 0 spiro atoms. The minimum absolute atomic E-state index is 0.152. The molecule has 3 N–H and O–H groups in total. The van der Waals surface area contributed by atoms with Crippen molar-refractivity contribution in [2.45, 2.75) is 20.0 Å². The van der Waals surface area contributed by atoms with Crippen molar-refractivity contribution in [3.05, 3.63) is 59.2 Å². The van der Waals surface area contributed by atoms with E-state index in [2.05, 4.69) is 5.32 Å². The SMILES string of the molecule is Cc1cc(C)c2nc(-c3cccc(NCC(O)CCl)c3)cc(C(=O)O)c2c1. The number of carbonyl (C=O) groups is 1. The van der Waals surface area contributed by atoms with E-state index < -0.39 is 12.1 Å². The van der Waals surface area contributed by atoms with Crippen LogP contribution in [0, 0.1) is 13.8 Å². The Morgan fingerprint density at radius 1 is 1.22 bits per heavy atom. The van der Waals surface area contributed by atoms with Crippen molar-refractivity contribution >= 4 is 34.2 Å². The Labute approximate surface area is 162 Å².